The van der Waals surface area contributed by atoms with Crippen molar-refractivity contribution in [3.63, 3.8) is 0 Å². The van der Waals surface area contributed by atoms with Gasteiger partial charge in [-0.1, -0.05) is 11.6 Å². The Morgan fingerprint density at radius 3 is 2.61 bits per heavy atom. The summed E-state index contributed by atoms with van der Waals surface area (Å²) in [7, 11) is 0. The van der Waals surface area contributed by atoms with Gasteiger partial charge in [-0.2, -0.15) is 0 Å². The van der Waals surface area contributed by atoms with Crippen molar-refractivity contribution in [1.82, 2.24) is 4.98 Å². The first-order chi connectivity index (χ1) is 8.56. The molecule has 3 nitrogen and oxygen atoms in total. The average molecular weight is 264 g/mol. The van der Waals surface area contributed by atoms with Gasteiger partial charge in [0.05, 0.1) is 6.10 Å². The number of ether oxygens (including phenoxy) is 1. The van der Waals surface area contributed by atoms with Gasteiger partial charge in [-0.3, -0.25) is 0 Å². The lowest BCUT2D eigenvalue weighted by Gasteiger charge is -2.08. The molecule has 1 aromatic heterocycles. The monoisotopic (exact) mass is 263 g/mol. The number of aryl methyl sites for hydroxylation is 1. The number of pyridine rings is 1. The minimum atomic E-state index is -0.524. The zero-order chi connectivity index (χ0) is 13.1. The number of hydrogen-bond acceptors (Lipinski definition) is 3. The van der Waals surface area contributed by atoms with Gasteiger partial charge in [0.25, 0.3) is 0 Å². The van der Waals surface area contributed by atoms with E-state index < -0.39 is 6.10 Å². The molecule has 0 amide bonds. The Labute approximate surface area is 111 Å². The van der Waals surface area contributed by atoms with Crippen LogP contribution < -0.4 is 4.74 Å². The molecule has 1 aromatic carbocycles. The highest BCUT2D eigenvalue weighted by Gasteiger charge is 2.04. The predicted molar refractivity (Wildman–Crippen MR) is 71.1 cm³/mol. The van der Waals surface area contributed by atoms with Crippen molar-refractivity contribution in [2.24, 2.45) is 0 Å². The number of benzene rings is 1. The number of aliphatic hydroxyl groups is 1. The Morgan fingerprint density at radius 2 is 2.06 bits per heavy atom. The predicted octanol–water partition coefficient (Wildman–Crippen LogP) is 3.89. The van der Waals surface area contributed by atoms with Crippen LogP contribution in [0.2, 0.25) is 5.02 Å². The molecule has 4 heteroatoms. The fourth-order valence-electron chi connectivity index (χ4n) is 1.50. The molecule has 1 N–H and O–H groups in total. The third kappa shape index (κ3) is 3.00. The second kappa shape index (κ2) is 5.38. The van der Waals surface area contributed by atoms with Gasteiger partial charge in [-0.05, 0) is 49.2 Å². The molecule has 2 rings (SSSR count). The van der Waals surface area contributed by atoms with E-state index in [1.807, 2.05) is 13.0 Å². The molecule has 18 heavy (non-hydrogen) atoms. The standard InChI is InChI=1S/C14H14ClNO2/c1-9-7-12(4-5-13(9)15)18-14-6-3-11(8-16-14)10(2)17/h3-8,10,17H,1-2H3/t10-/m1/s1. The van der Waals surface area contributed by atoms with Crippen molar-refractivity contribution in [3.8, 4) is 11.6 Å². The van der Waals surface area contributed by atoms with Crippen LogP contribution in [-0.4, -0.2) is 10.1 Å². The van der Waals surface area contributed by atoms with E-state index in [1.165, 1.54) is 0 Å². The topological polar surface area (TPSA) is 42.4 Å². The van der Waals surface area contributed by atoms with Gasteiger partial charge >= 0.3 is 0 Å². The summed E-state index contributed by atoms with van der Waals surface area (Å²) in [6.45, 7) is 3.61. The average Bonchev–Trinajstić information content (AvgIpc) is 2.34. The van der Waals surface area contributed by atoms with E-state index in [1.54, 1.807) is 37.4 Å². The fraction of sp³-hybridized carbons (Fsp3) is 0.214. The van der Waals surface area contributed by atoms with Gasteiger partial charge in [0, 0.05) is 17.3 Å². The van der Waals surface area contributed by atoms with Crippen LogP contribution in [0.1, 0.15) is 24.2 Å². The molecule has 94 valence electrons. The summed E-state index contributed by atoms with van der Waals surface area (Å²) in [4.78, 5) is 4.13. The number of aromatic nitrogens is 1. The first-order valence-electron chi connectivity index (χ1n) is 5.64. The van der Waals surface area contributed by atoms with E-state index in [4.69, 9.17) is 16.3 Å². The SMILES string of the molecule is Cc1cc(Oc2ccc([C@@H](C)O)cn2)ccc1Cl. The molecule has 0 fully saturated rings. The van der Waals surface area contributed by atoms with E-state index in [-0.39, 0.29) is 0 Å². The summed E-state index contributed by atoms with van der Waals surface area (Å²) >= 11 is 5.94. The van der Waals surface area contributed by atoms with E-state index in [0.29, 0.717) is 16.7 Å². The van der Waals surface area contributed by atoms with E-state index >= 15 is 0 Å². The molecule has 0 aliphatic carbocycles. The van der Waals surface area contributed by atoms with Gasteiger partial charge in [-0.25, -0.2) is 4.98 Å². The zero-order valence-electron chi connectivity index (χ0n) is 10.2. The molecule has 0 saturated carbocycles. The number of halogens is 1. The first kappa shape index (κ1) is 12.9. The lowest BCUT2D eigenvalue weighted by Crippen LogP contribution is -1.93. The highest BCUT2D eigenvalue weighted by molar-refractivity contribution is 6.31. The van der Waals surface area contributed by atoms with E-state index in [2.05, 4.69) is 4.98 Å². The van der Waals surface area contributed by atoms with Gasteiger partial charge < -0.3 is 9.84 Å². The Hall–Kier alpha value is -1.58. The molecule has 0 aliphatic rings. The van der Waals surface area contributed by atoms with Crippen molar-refractivity contribution in [3.05, 3.63) is 52.7 Å². The summed E-state index contributed by atoms with van der Waals surface area (Å²) < 4.78 is 5.60. The summed E-state index contributed by atoms with van der Waals surface area (Å²) in [5.41, 5.74) is 1.71. The molecule has 0 bridgehead atoms. The van der Waals surface area contributed by atoms with Gasteiger partial charge in [-0.15, -0.1) is 0 Å². The Morgan fingerprint density at radius 1 is 1.28 bits per heavy atom. The van der Waals surface area contributed by atoms with Gasteiger partial charge in [0.2, 0.25) is 5.88 Å². The smallest absolute Gasteiger partial charge is 0.219 e. The van der Waals surface area contributed by atoms with Crippen molar-refractivity contribution in [2.75, 3.05) is 0 Å². The second-order valence-corrected chi connectivity index (χ2v) is 4.53. The van der Waals surface area contributed by atoms with Crippen LogP contribution in [0.15, 0.2) is 36.5 Å². The van der Waals surface area contributed by atoms with Crippen molar-refractivity contribution in [1.29, 1.82) is 0 Å². The Kier molecular flexibility index (Phi) is 3.84. The van der Waals surface area contributed by atoms with Crippen LogP contribution in [0.5, 0.6) is 11.6 Å². The van der Waals surface area contributed by atoms with Gasteiger partial charge in [0.15, 0.2) is 0 Å². The highest BCUT2D eigenvalue weighted by Crippen LogP contribution is 2.25. The molecule has 0 radical (unpaired) electrons. The third-order valence-electron chi connectivity index (χ3n) is 2.59. The van der Waals surface area contributed by atoms with Crippen LogP contribution in [-0.2, 0) is 0 Å². The molecule has 1 atom stereocenters. The highest BCUT2D eigenvalue weighted by atomic mass is 35.5. The normalized spacial score (nSPS) is 12.2. The Balaban J connectivity index is 2.15. The van der Waals surface area contributed by atoms with Crippen LogP contribution in [0.3, 0.4) is 0 Å². The van der Waals surface area contributed by atoms with Crippen LogP contribution >= 0.6 is 11.6 Å². The Bertz CT molecular complexity index is 538. The number of rotatable bonds is 3. The maximum atomic E-state index is 9.38. The van der Waals surface area contributed by atoms with E-state index in [9.17, 15) is 5.11 Å². The number of nitrogens with zero attached hydrogens (tertiary/aromatic N) is 1. The van der Waals surface area contributed by atoms with Crippen LogP contribution in [0, 0.1) is 6.92 Å². The molecule has 0 saturated heterocycles. The summed E-state index contributed by atoms with van der Waals surface area (Å²) in [6, 6.07) is 8.95. The van der Waals surface area contributed by atoms with Crippen molar-refractivity contribution >= 4 is 11.6 Å². The molecule has 0 aliphatic heterocycles. The lowest BCUT2D eigenvalue weighted by atomic mass is 10.2. The molecule has 0 spiro atoms. The van der Waals surface area contributed by atoms with Crippen molar-refractivity contribution in [2.45, 2.75) is 20.0 Å². The number of hydrogen-bond donors (Lipinski definition) is 1. The molecule has 1 heterocycles. The summed E-state index contributed by atoms with van der Waals surface area (Å²) in [5.74, 6) is 1.18. The van der Waals surface area contributed by atoms with Crippen LogP contribution in [0.25, 0.3) is 0 Å². The largest absolute Gasteiger partial charge is 0.439 e. The maximum Gasteiger partial charge on any atom is 0.219 e. The fourth-order valence-corrected chi connectivity index (χ4v) is 1.62. The second-order valence-electron chi connectivity index (χ2n) is 4.12. The summed E-state index contributed by atoms with van der Waals surface area (Å²) in [6.07, 6.45) is 1.08. The first-order valence-corrected chi connectivity index (χ1v) is 6.02. The maximum absolute atomic E-state index is 9.38. The molecule has 0 unspecified atom stereocenters. The zero-order valence-corrected chi connectivity index (χ0v) is 11.0. The minimum absolute atomic E-state index is 0.487. The number of aliphatic hydroxyl groups excluding tert-OH is 1. The van der Waals surface area contributed by atoms with Crippen LogP contribution in [0.4, 0.5) is 0 Å². The van der Waals surface area contributed by atoms with E-state index in [0.717, 1.165) is 11.1 Å². The van der Waals surface area contributed by atoms with Gasteiger partial charge in [0.1, 0.15) is 5.75 Å². The summed E-state index contributed by atoms with van der Waals surface area (Å²) in [5, 5.41) is 10.1. The van der Waals surface area contributed by atoms with Crippen molar-refractivity contribution < 1.29 is 9.84 Å². The molecular formula is C14H14ClNO2. The minimum Gasteiger partial charge on any atom is -0.439 e. The lowest BCUT2D eigenvalue weighted by molar-refractivity contribution is 0.198. The molecule has 2 aromatic rings. The third-order valence-corrected chi connectivity index (χ3v) is 3.02. The quantitative estimate of drug-likeness (QED) is 0.914. The molecular weight excluding hydrogens is 250 g/mol.